The van der Waals surface area contributed by atoms with Crippen LogP contribution in [0.2, 0.25) is 0 Å². The Balaban J connectivity index is 1.84. The summed E-state index contributed by atoms with van der Waals surface area (Å²) in [6, 6.07) is -0.269. The maximum absolute atomic E-state index is 12.4. The molecule has 2 aliphatic rings. The van der Waals surface area contributed by atoms with E-state index < -0.39 is 5.54 Å². The zero-order valence-electron chi connectivity index (χ0n) is 11.2. The standard InChI is InChI=1S/C13H22N2O4/c16-8-4-2-1-3-7-15-11(17)13(14-12(15)18)5-9-19-10-6-13/h16H,1-10H2,(H,14,18). The summed E-state index contributed by atoms with van der Waals surface area (Å²) in [6.07, 6.45) is 4.57. The normalized spacial score (nSPS) is 22.1. The molecule has 6 nitrogen and oxygen atoms in total. The van der Waals surface area contributed by atoms with Gasteiger partial charge >= 0.3 is 6.03 Å². The Morgan fingerprint density at radius 3 is 2.53 bits per heavy atom. The molecule has 0 bridgehead atoms. The molecule has 0 aromatic rings. The van der Waals surface area contributed by atoms with Crippen LogP contribution in [0.5, 0.6) is 0 Å². The number of amides is 3. The fraction of sp³-hybridized carbons (Fsp3) is 0.846. The quantitative estimate of drug-likeness (QED) is 0.548. The summed E-state index contributed by atoms with van der Waals surface area (Å²) in [7, 11) is 0. The Hall–Kier alpha value is -1.14. The third-order valence-corrected chi connectivity index (χ3v) is 3.88. The zero-order chi connectivity index (χ0) is 13.7. The molecule has 2 rings (SSSR count). The van der Waals surface area contributed by atoms with Crippen molar-refractivity contribution in [1.29, 1.82) is 0 Å². The molecule has 2 aliphatic heterocycles. The van der Waals surface area contributed by atoms with E-state index in [-0.39, 0.29) is 18.5 Å². The van der Waals surface area contributed by atoms with Gasteiger partial charge in [-0.2, -0.15) is 0 Å². The van der Waals surface area contributed by atoms with Crippen LogP contribution in [0.4, 0.5) is 4.79 Å². The summed E-state index contributed by atoms with van der Waals surface area (Å²) in [6.45, 7) is 1.72. The minimum atomic E-state index is -0.708. The minimum absolute atomic E-state index is 0.0945. The number of aliphatic hydroxyl groups is 1. The van der Waals surface area contributed by atoms with E-state index >= 15 is 0 Å². The highest BCUT2D eigenvalue weighted by Gasteiger charge is 2.51. The molecule has 0 unspecified atom stereocenters. The molecule has 2 fully saturated rings. The summed E-state index contributed by atoms with van der Waals surface area (Å²) < 4.78 is 5.25. The number of unbranched alkanes of at least 4 members (excludes halogenated alkanes) is 3. The lowest BCUT2D eigenvalue weighted by atomic mass is 9.90. The van der Waals surface area contributed by atoms with Gasteiger partial charge in [-0.3, -0.25) is 9.69 Å². The number of aliphatic hydroxyl groups excluding tert-OH is 1. The second kappa shape index (κ2) is 6.34. The summed E-state index contributed by atoms with van der Waals surface area (Å²) >= 11 is 0. The Morgan fingerprint density at radius 2 is 1.84 bits per heavy atom. The van der Waals surface area contributed by atoms with E-state index in [0.717, 1.165) is 25.7 Å². The molecule has 6 heteroatoms. The molecule has 0 saturated carbocycles. The predicted octanol–water partition coefficient (Wildman–Crippen LogP) is 0.640. The number of rotatable bonds is 6. The Bertz CT molecular complexity index is 340. The van der Waals surface area contributed by atoms with Gasteiger partial charge < -0.3 is 15.2 Å². The largest absolute Gasteiger partial charge is 0.396 e. The van der Waals surface area contributed by atoms with Gasteiger partial charge in [-0.15, -0.1) is 0 Å². The van der Waals surface area contributed by atoms with Gasteiger partial charge in [0, 0.05) is 39.2 Å². The molecule has 19 heavy (non-hydrogen) atoms. The molecule has 3 amide bonds. The molecule has 1 spiro atoms. The van der Waals surface area contributed by atoms with Gasteiger partial charge in [-0.25, -0.2) is 4.79 Å². The van der Waals surface area contributed by atoms with E-state index in [1.807, 2.05) is 0 Å². The topological polar surface area (TPSA) is 78.9 Å². The van der Waals surface area contributed by atoms with E-state index in [1.54, 1.807) is 0 Å². The summed E-state index contributed by atoms with van der Waals surface area (Å²) in [5, 5.41) is 11.5. The molecule has 0 aromatic heterocycles. The average molecular weight is 270 g/mol. The van der Waals surface area contributed by atoms with Gasteiger partial charge in [0.15, 0.2) is 0 Å². The number of imide groups is 1. The van der Waals surface area contributed by atoms with Gasteiger partial charge in [0.25, 0.3) is 5.91 Å². The van der Waals surface area contributed by atoms with Crippen molar-refractivity contribution in [3.63, 3.8) is 0 Å². The van der Waals surface area contributed by atoms with Crippen LogP contribution in [0.3, 0.4) is 0 Å². The highest BCUT2D eigenvalue weighted by atomic mass is 16.5. The van der Waals surface area contributed by atoms with Crippen LogP contribution in [0.15, 0.2) is 0 Å². The van der Waals surface area contributed by atoms with E-state index in [0.29, 0.717) is 32.6 Å². The Morgan fingerprint density at radius 1 is 1.16 bits per heavy atom. The summed E-state index contributed by atoms with van der Waals surface area (Å²) in [5.74, 6) is -0.0945. The number of urea groups is 1. The first kappa shape index (κ1) is 14.3. The monoisotopic (exact) mass is 270 g/mol. The number of carbonyl (C=O) groups is 2. The van der Waals surface area contributed by atoms with Crippen LogP contribution in [0.1, 0.15) is 38.5 Å². The third kappa shape index (κ3) is 3.06. The second-order valence-corrected chi connectivity index (χ2v) is 5.22. The highest BCUT2D eigenvalue weighted by molar-refractivity contribution is 6.07. The molecule has 0 aromatic carbocycles. The fourth-order valence-corrected chi connectivity index (χ4v) is 2.67. The maximum atomic E-state index is 12.4. The number of carbonyl (C=O) groups excluding carboxylic acids is 2. The molecule has 0 atom stereocenters. The van der Waals surface area contributed by atoms with Crippen molar-refractivity contribution < 1.29 is 19.4 Å². The summed E-state index contributed by atoms with van der Waals surface area (Å²) in [4.78, 5) is 25.6. The van der Waals surface area contributed by atoms with E-state index in [9.17, 15) is 9.59 Å². The third-order valence-electron chi connectivity index (χ3n) is 3.88. The van der Waals surface area contributed by atoms with Gasteiger partial charge in [0.1, 0.15) is 5.54 Å². The van der Waals surface area contributed by atoms with Crippen LogP contribution in [-0.2, 0) is 9.53 Å². The van der Waals surface area contributed by atoms with Crippen molar-refractivity contribution in [2.75, 3.05) is 26.4 Å². The molecule has 2 saturated heterocycles. The lowest BCUT2D eigenvalue weighted by molar-refractivity contribution is -0.134. The number of nitrogens with one attached hydrogen (secondary N) is 1. The minimum Gasteiger partial charge on any atom is -0.396 e. The summed E-state index contributed by atoms with van der Waals surface area (Å²) in [5.41, 5.74) is -0.708. The highest BCUT2D eigenvalue weighted by Crippen LogP contribution is 2.28. The number of nitrogens with zero attached hydrogens (tertiary/aromatic N) is 1. The van der Waals surface area contributed by atoms with Gasteiger partial charge in [-0.05, 0) is 12.8 Å². The second-order valence-electron chi connectivity index (χ2n) is 5.22. The molecule has 108 valence electrons. The number of hydrogen-bond acceptors (Lipinski definition) is 4. The number of ether oxygens (including phenoxy) is 1. The molecule has 0 radical (unpaired) electrons. The van der Waals surface area contributed by atoms with E-state index in [2.05, 4.69) is 5.32 Å². The van der Waals surface area contributed by atoms with Crippen LogP contribution in [-0.4, -0.2) is 53.8 Å². The molecule has 0 aliphatic carbocycles. The van der Waals surface area contributed by atoms with E-state index in [1.165, 1.54) is 4.90 Å². The lowest BCUT2D eigenvalue weighted by Crippen LogP contribution is -2.51. The van der Waals surface area contributed by atoms with Crippen molar-refractivity contribution in [2.45, 2.75) is 44.1 Å². The van der Waals surface area contributed by atoms with Gasteiger partial charge in [0.05, 0.1) is 0 Å². The molecule has 2 heterocycles. The van der Waals surface area contributed by atoms with Crippen LogP contribution < -0.4 is 5.32 Å². The first-order valence-corrected chi connectivity index (χ1v) is 7.02. The van der Waals surface area contributed by atoms with Crippen LogP contribution in [0.25, 0.3) is 0 Å². The molecular weight excluding hydrogens is 248 g/mol. The van der Waals surface area contributed by atoms with Crippen LogP contribution in [0, 0.1) is 0 Å². The van der Waals surface area contributed by atoms with E-state index in [4.69, 9.17) is 9.84 Å². The van der Waals surface area contributed by atoms with Crippen molar-refractivity contribution in [3.05, 3.63) is 0 Å². The first-order valence-electron chi connectivity index (χ1n) is 7.02. The Labute approximate surface area is 113 Å². The lowest BCUT2D eigenvalue weighted by Gasteiger charge is -2.30. The van der Waals surface area contributed by atoms with Crippen molar-refractivity contribution in [1.82, 2.24) is 10.2 Å². The van der Waals surface area contributed by atoms with Crippen molar-refractivity contribution in [3.8, 4) is 0 Å². The van der Waals surface area contributed by atoms with Crippen LogP contribution >= 0.6 is 0 Å². The van der Waals surface area contributed by atoms with Crippen molar-refractivity contribution in [2.24, 2.45) is 0 Å². The zero-order valence-corrected chi connectivity index (χ0v) is 11.2. The Kier molecular flexibility index (Phi) is 4.76. The maximum Gasteiger partial charge on any atom is 0.325 e. The SMILES string of the molecule is O=C1NC2(CCOCC2)C(=O)N1CCCCCCO. The number of hydrogen-bond donors (Lipinski definition) is 2. The first-order chi connectivity index (χ1) is 9.19. The molecular formula is C13H22N2O4. The van der Waals surface area contributed by atoms with Crippen molar-refractivity contribution >= 4 is 11.9 Å². The smallest absolute Gasteiger partial charge is 0.325 e. The molecule has 2 N–H and O–H groups in total. The fourth-order valence-electron chi connectivity index (χ4n) is 2.67. The average Bonchev–Trinajstić information content (AvgIpc) is 2.63. The predicted molar refractivity (Wildman–Crippen MR) is 68.6 cm³/mol. The van der Waals surface area contributed by atoms with Gasteiger partial charge in [-0.1, -0.05) is 12.8 Å². The van der Waals surface area contributed by atoms with Gasteiger partial charge in [0.2, 0.25) is 0 Å².